The van der Waals surface area contributed by atoms with E-state index in [1.807, 2.05) is 6.07 Å². The zero-order valence-corrected chi connectivity index (χ0v) is 12.3. The van der Waals surface area contributed by atoms with E-state index in [-0.39, 0.29) is 17.3 Å². The molecule has 120 valence electrons. The molecule has 0 radical (unpaired) electrons. The van der Waals surface area contributed by atoms with Crippen LogP contribution in [0.5, 0.6) is 0 Å². The van der Waals surface area contributed by atoms with Gasteiger partial charge in [-0.3, -0.25) is 10.2 Å². The van der Waals surface area contributed by atoms with Gasteiger partial charge < -0.3 is 5.32 Å². The standard InChI is InChI=1S/C17H15F3N2O/c1-11(12-5-3-2-4-6-12)16(23)22-15(21)13-7-9-14(10-8-13)17(18,19)20/h2-11H,1H3,(H2,21,22,23). The Bertz CT molecular complexity index is 694. The van der Waals surface area contributed by atoms with Crippen LogP contribution in [0, 0.1) is 5.41 Å². The van der Waals surface area contributed by atoms with Gasteiger partial charge in [-0.15, -0.1) is 0 Å². The van der Waals surface area contributed by atoms with Crippen molar-refractivity contribution in [3.8, 4) is 0 Å². The maximum absolute atomic E-state index is 12.5. The van der Waals surface area contributed by atoms with Crippen LogP contribution < -0.4 is 5.32 Å². The van der Waals surface area contributed by atoms with Crippen molar-refractivity contribution in [1.82, 2.24) is 5.32 Å². The van der Waals surface area contributed by atoms with E-state index >= 15 is 0 Å². The Morgan fingerprint density at radius 3 is 2.13 bits per heavy atom. The number of amides is 1. The molecule has 23 heavy (non-hydrogen) atoms. The van der Waals surface area contributed by atoms with Gasteiger partial charge in [0.2, 0.25) is 5.91 Å². The van der Waals surface area contributed by atoms with Crippen molar-refractivity contribution in [3.63, 3.8) is 0 Å². The number of amidine groups is 1. The van der Waals surface area contributed by atoms with Crippen LogP contribution in [0.4, 0.5) is 13.2 Å². The SMILES string of the molecule is CC(C(=O)NC(=N)c1ccc(C(F)(F)F)cc1)c1ccccc1. The van der Waals surface area contributed by atoms with Gasteiger partial charge >= 0.3 is 6.18 Å². The molecule has 0 aliphatic heterocycles. The summed E-state index contributed by atoms with van der Waals surface area (Å²) in [5.41, 5.74) is 0.217. The summed E-state index contributed by atoms with van der Waals surface area (Å²) in [4.78, 5) is 12.1. The van der Waals surface area contributed by atoms with E-state index in [4.69, 9.17) is 5.41 Å². The molecule has 0 aliphatic carbocycles. The number of carbonyl (C=O) groups excluding carboxylic acids is 1. The van der Waals surface area contributed by atoms with Crippen LogP contribution in [0.25, 0.3) is 0 Å². The number of nitrogens with one attached hydrogen (secondary N) is 2. The molecular formula is C17H15F3N2O. The minimum absolute atomic E-state index is 0.214. The summed E-state index contributed by atoms with van der Waals surface area (Å²) in [6.45, 7) is 1.70. The van der Waals surface area contributed by atoms with E-state index < -0.39 is 17.7 Å². The molecule has 0 heterocycles. The molecule has 2 N–H and O–H groups in total. The molecule has 0 aromatic heterocycles. The van der Waals surface area contributed by atoms with Crippen LogP contribution in [0.2, 0.25) is 0 Å². The van der Waals surface area contributed by atoms with Gasteiger partial charge in [0.15, 0.2) is 0 Å². The Balaban J connectivity index is 2.05. The predicted octanol–water partition coefficient (Wildman–Crippen LogP) is 3.95. The zero-order chi connectivity index (χ0) is 17.0. The van der Waals surface area contributed by atoms with Crippen molar-refractivity contribution in [3.05, 3.63) is 71.3 Å². The first-order valence-electron chi connectivity index (χ1n) is 6.91. The molecule has 2 aromatic carbocycles. The number of hydrogen-bond acceptors (Lipinski definition) is 2. The van der Waals surface area contributed by atoms with E-state index in [9.17, 15) is 18.0 Å². The molecule has 0 saturated heterocycles. The Morgan fingerprint density at radius 1 is 1.04 bits per heavy atom. The Hall–Kier alpha value is -2.63. The smallest absolute Gasteiger partial charge is 0.310 e. The summed E-state index contributed by atoms with van der Waals surface area (Å²) in [5.74, 6) is -1.08. The van der Waals surface area contributed by atoms with E-state index in [0.29, 0.717) is 0 Å². The van der Waals surface area contributed by atoms with Crippen LogP contribution in [0.15, 0.2) is 54.6 Å². The largest absolute Gasteiger partial charge is 0.416 e. The molecule has 0 spiro atoms. The van der Waals surface area contributed by atoms with Gasteiger partial charge in [0, 0.05) is 5.56 Å². The van der Waals surface area contributed by atoms with Crippen LogP contribution in [-0.2, 0) is 11.0 Å². The van der Waals surface area contributed by atoms with Gasteiger partial charge in [0.25, 0.3) is 0 Å². The van der Waals surface area contributed by atoms with Crippen LogP contribution in [0.3, 0.4) is 0 Å². The lowest BCUT2D eigenvalue weighted by molar-refractivity contribution is -0.137. The molecule has 0 saturated carbocycles. The third kappa shape index (κ3) is 4.18. The quantitative estimate of drug-likeness (QED) is 0.653. The third-order valence-electron chi connectivity index (χ3n) is 3.44. The molecule has 2 rings (SSSR count). The van der Waals surface area contributed by atoms with Crippen molar-refractivity contribution in [1.29, 1.82) is 5.41 Å². The van der Waals surface area contributed by atoms with Crippen LogP contribution in [-0.4, -0.2) is 11.7 Å². The summed E-state index contributed by atoms with van der Waals surface area (Å²) >= 11 is 0. The highest BCUT2D eigenvalue weighted by Crippen LogP contribution is 2.29. The second-order valence-electron chi connectivity index (χ2n) is 5.07. The highest BCUT2D eigenvalue weighted by molar-refractivity contribution is 6.07. The summed E-state index contributed by atoms with van der Waals surface area (Å²) in [6, 6.07) is 13.1. The topological polar surface area (TPSA) is 53.0 Å². The predicted molar refractivity (Wildman–Crippen MR) is 81.3 cm³/mol. The molecule has 0 bridgehead atoms. The molecule has 1 atom stereocenters. The molecule has 1 unspecified atom stereocenters. The first-order chi connectivity index (χ1) is 10.8. The monoisotopic (exact) mass is 320 g/mol. The highest BCUT2D eigenvalue weighted by atomic mass is 19.4. The fourth-order valence-electron chi connectivity index (χ4n) is 2.02. The Morgan fingerprint density at radius 2 is 1.61 bits per heavy atom. The number of carbonyl (C=O) groups is 1. The maximum Gasteiger partial charge on any atom is 0.416 e. The van der Waals surface area contributed by atoms with Crippen LogP contribution >= 0.6 is 0 Å². The summed E-state index contributed by atoms with van der Waals surface area (Å²) in [5, 5.41) is 10.2. The molecule has 6 heteroatoms. The number of hydrogen-bond donors (Lipinski definition) is 2. The van der Waals surface area contributed by atoms with Gasteiger partial charge in [-0.05, 0) is 24.6 Å². The van der Waals surface area contributed by atoms with Crippen molar-refractivity contribution >= 4 is 11.7 Å². The van der Waals surface area contributed by atoms with Crippen molar-refractivity contribution in [2.45, 2.75) is 19.0 Å². The van der Waals surface area contributed by atoms with Gasteiger partial charge in [-0.25, -0.2) is 0 Å². The maximum atomic E-state index is 12.5. The zero-order valence-electron chi connectivity index (χ0n) is 12.3. The summed E-state index contributed by atoms with van der Waals surface area (Å²) in [6.07, 6.45) is -4.42. The van der Waals surface area contributed by atoms with Gasteiger partial charge in [0.1, 0.15) is 5.84 Å². The van der Waals surface area contributed by atoms with Gasteiger partial charge in [0.05, 0.1) is 11.5 Å². The number of halogens is 3. The first kappa shape index (κ1) is 16.7. The van der Waals surface area contributed by atoms with Gasteiger partial charge in [-0.2, -0.15) is 13.2 Å². The van der Waals surface area contributed by atoms with E-state index in [1.165, 1.54) is 12.1 Å². The van der Waals surface area contributed by atoms with E-state index in [1.54, 1.807) is 31.2 Å². The molecule has 3 nitrogen and oxygen atoms in total. The number of benzene rings is 2. The first-order valence-corrected chi connectivity index (χ1v) is 6.91. The number of alkyl halides is 3. The third-order valence-corrected chi connectivity index (χ3v) is 3.44. The average molecular weight is 320 g/mol. The van der Waals surface area contributed by atoms with Crippen LogP contribution in [0.1, 0.15) is 29.5 Å². The highest BCUT2D eigenvalue weighted by Gasteiger charge is 2.30. The van der Waals surface area contributed by atoms with Crippen molar-refractivity contribution in [2.75, 3.05) is 0 Å². The Kier molecular flexibility index (Phi) is 4.83. The molecule has 2 aromatic rings. The molecule has 0 fully saturated rings. The van der Waals surface area contributed by atoms with E-state index in [0.717, 1.165) is 17.7 Å². The van der Waals surface area contributed by atoms with Crippen molar-refractivity contribution in [2.24, 2.45) is 0 Å². The molecular weight excluding hydrogens is 305 g/mol. The van der Waals surface area contributed by atoms with E-state index in [2.05, 4.69) is 5.32 Å². The van der Waals surface area contributed by atoms with Crippen molar-refractivity contribution < 1.29 is 18.0 Å². The fraction of sp³-hybridized carbons (Fsp3) is 0.176. The molecule has 1 amide bonds. The van der Waals surface area contributed by atoms with Gasteiger partial charge in [-0.1, -0.05) is 42.5 Å². The lowest BCUT2D eigenvalue weighted by atomic mass is 10.0. The Labute approximate surface area is 131 Å². The fourth-order valence-corrected chi connectivity index (χ4v) is 2.02. The lowest BCUT2D eigenvalue weighted by Gasteiger charge is -2.14. The minimum atomic E-state index is -4.42. The minimum Gasteiger partial charge on any atom is -0.310 e. The summed E-state index contributed by atoms with van der Waals surface area (Å²) < 4.78 is 37.5. The summed E-state index contributed by atoms with van der Waals surface area (Å²) in [7, 11) is 0. The lowest BCUT2D eigenvalue weighted by Crippen LogP contribution is -2.33. The second-order valence-corrected chi connectivity index (χ2v) is 5.07. The average Bonchev–Trinajstić information content (AvgIpc) is 2.54. The normalized spacial score (nSPS) is 12.5. The second kappa shape index (κ2) is 6.64. The number of rotatable bonds is 3. The molecule has 0 aliphatic rings.